The number of hydrogen-bond acceptors (Lipinski definition) is 5. The maximum Gasteiger partial charge on any atom is 0.419 e. The number of benzene rings is 2. The molecule has 0 saturated carbocycles. The van der Waals surface area contributed by atoms with Gasteiger partial charge in [-0.15, -0.1) is 0 Å². The van der Waals surface area contributed by atoms with Gasteiger partial charge in [-0.1, -0.05) is 15.9 Å². The lowest BCUT2D eigenvalue weighted by Crippen LogP contribution is -2.08. The number of nitrogens with zero attached hydrogens (tertiary/aromatic N) is 1. The van der Waals surface area contributed by atoms with Gasteiger partial charge in [-0.05, 0) is 30.3 Å². The molecule has 8 heteroatoms. The third-order valence-corrected chi connectivity index (χ3v) is 4.44. The third kappa shape index (κ3) is 3.30. The van der Waals surface area contributed by atoms with E-state index in [1.807, 2.05) is 0 Å². The molecule has 0 saturated heterocycles. The van der Waals surface area contributed by atoms with Crippen molar-refractivity contribution in [3.05, 3.63) is 62.3 Å². The molecule has 1 aromatic heterocycles. The zero-order valence-corrected chi connectivity index (χ0v) is 14.9. The molecule has 2 aromatic carbocycles. The molecule has 6 nitrogen and oxygen atoms in total. The van der Waals surface area contributed by atoms with Gasteiger partial charge in [0.1, 0.15) is 18.2 Å². The van der Waals surface area contributed by atoms with Crippen molar-refractivity contribution in [2.24, 2.45) is 7.05 Å². The monoisotopic (exact) mass is 409 g/mol. The summed E-state index contributed by atoms with van der Waals surface area (Å²) in [5.74, 6) is -1.62. The fraction of sp³-hybridized carbons (Fsp3) is 0.176. The molecule has 0 amide bonds. The fourth-order valence-corrected chi connectivity index (χ4v) is 2.77. The maximum absolute atomic E-state index is 13.6. The molecule has 0 aliphatic heterocycles. The van der Waals surface area contributed by atoms with Gasteiger partial charge in [0.15, 0.2) is 5.58 Å². The van der Waals surface area contributed by atoms with E-state index in [2.05, 4.69) is 20.7 Å². The van der Waals surface area contributed by atoms with Gasteiger partial charge in [0, 0.05) is 17.1 Å². The first kappa shape index (κ1) is 17.2. The minimum Gasteiger partial charge on any atom is -0.489 e. The van der Waals surface area contributed by atoms with E-state index in [0.29, 0.717) is 16.8 Å². The van der Waals surface area contributed by atoms with E-state index < -0.39 is 17.5 Å². The minimum atomic E-state index is -0.781. The maximum atomic E-state index is 13.6. The Morgan fingerprint density at radius 3 is 2.80 bits per heavy atom. The van der Waals surface area contributed by atoms with Crippen molar-refractivity contribution in [1.29, 1.82) is 0 Å². The van der Waals surface area contributed by atoms with Crippen molar-refractivity contribution in [2.75, 3.05) is 7.11 Å². The van der Waals surface area contributed by atoms with Crippen LogP contribution in [0.1, 0.15) is 15.9 Å². The summed E-state index contributed by atoms with van der Waals surface area (Å²) in [4.78, 5) is 23.1. The molecule has 0 aliphatic rings. The van der Waals surface area contributed by atoms with Crippen LogP contribution in [0.5, 0.6) is 5.75 Å². The molecule has 0 unspecified atom stereocenters. The van der Waals surface area contributed by atoms with Crippen LogP contribution in [0.25, 0.3) is 11.1 Å². The topological polar surface area (TPSA) is 70.7 Å². The number of oxazole rings is 1. The Bertz CT molecular complexity index is 1020. The number of methoxy groups -OCH3 is 1. The molecule has 25 heavy (non-hydrogen) atoms. The van der Waals surface area contributed by atoms with Gasteiger partial charge >= 0.3 is 11.7 Å². The van der Waals surface area contributed by atoms with Gasteiger partial charge in [0.25, 0.3) is 0 Å². The van der Waals surface area contributed by atoms with Gasteiger partial charge in [0.2, 0.25) is 0 Å². The van der Waals surface area contributed by atoms with Crippen LogP contribution in [0.2, 0.25) is 0 Å². The average Bonchev–Trinajstić information content (AvgIpc) is 2.87. The zero-order chi connectivity index (χ0) is 18.1. The summed E-state index contributed by atoms with van der Waals surface area (Å²) >= 11 is 3.42. The highest BCUT2D eigenvalue weighted by atomic mass is 79.9. The lowest BCUT2D eigenvalue weighted by Gasteiger charge is -2.10. The van der Waals surface area contributed by atoms with Gasteiger partial charge in [-0.2, -0.15) is 0 Å². The Morgan fingerprint density at radius 2 is 2.08 bits per heavy atom. The smallest absolute Gasteiger partial charge is 0.419 e. The predicted octanol–water partition coefficient (Wildman–Crippen LogP) is 3.40. The Hall–Kier alpha value is -2.61. The largest absolute Gasteiger partial charge is 0.489 e. The van der Waals surface area contributed by atoms with Crippen LogP contribution in [-0.2, 0) is 18.4 Å². The van der Waals surface area contributed by atoms with E-state index in [9.17, 15) is 14.0 Å². The predicted molar refractivity (Wildman–Crippen MR) is 91.2 cm³/mol. The van der Waals surface area contributed by atoms with E-state index in [4.69, 9.17) is 9.15 Å². The highest BCUT2D eigenvalue weighted by molar-refractivity contribution is 9.10. The normalized spacial score (nSPS) is 10.9. The first-order chi connectivity index (χ1) is 11.9. The lowest BCUT2D eigenvalue weighted by molar-refractivity contribution is 0.0595. The Morgan fingerprint density at radius 1 is 1.32 bits per heavy atom. The molecular formula is C17H13BrFNO5. The molecule has 1 heterocycles. The number of esters is 1. The van der Waals surface area contributed by atoms with Crippen LogP contribution >= 0.6 is 15.9 Å². The first-order valence-corrected chi connectivity index (χ1v) is 7.98. The molecule has 0 spiro atoms. The highest BCUT2D eigenvalue weighted by Gasteiger charge is 2.14. The summed E-state index contributed by atoms with van der Waals surface area (Å²) in [6.07, 6.45) is 0. The molecule has 0 atom stereocenters. The summed E-state index contributed by atoms with van der Waals surface area (Å²) in [5, 5.41) is 0. The van der Waals surface area contributed by atoms with E-state index in [0.717, 1.165) is 16.1 Å². The summed E-state index contributed by atoms with van der Waals surface area (Å²) < 4.78 is 31.1. The zero-order valence-electron chi connectivity index (χ0n) is 13.3. The van der Waals surface area contributed by atoms with Crippen LogP contribution in [-0.4, -0.2) is 17.6 Å². The van der Waals surface area contributed by atoms with E-state index in [1.165, 1.54) is 23.8 Å². The molecule has 0 bridgehead atoms. The number of fused-ring (bicyclic) bond motifs is 1. The van der Waals surface area contributed by atoms with Crippen molar-refractivity contribution >= 4 is 33.0 Å². The molecule has 0 fully saturated rings. The molecular weight excluding hydrogens is 397 g/mol. The second-order valence-corrected chi connectivity index (χ2v) is 6.11. The van der Waals surface area contributed by atoms with Crippen LogP contribution in [0.4, 0.5) is 4.39 Å². The SMILES string of the molecule is COC(=O)c1cc(OCc2cc3oc(=O)n(C)c3cc2Br)ccc1F. The highest BCUT2D eigenvalue weighted by Crippen LogP contribution is 2.26. The van der Waals surface area contributed by atoms with Crippen molar-refractivity contribution < 1.29 is 23.1 Å². The van der Waals surface area contributed by atoms with E-state index in [-0.39, 0.29) is 12.2 Å². The number of rotatable bonds is 4. The first-order valence-electron chi connectivity index (χ1n) is 7.19. The number of halogens is 2. The van der Waals surface area contributed by atoms with Gasteiger partial charge < -0.3 is 13.9 Å². The Labute approximate surface area is 149 Å². The Balaban J connectivity index is 1.86. The molecule has 3 rings (SSSR count). The lowest BCUT2D eigenvalue weighted by atomic mass is 10.2. The summed E-state index contributed by atoms with van der Waals surface area (Å²) in [7, 11) is 2.79. The summed E-state index contributed by atoms with van der Waals surface area (Å²) in [5.41, 5.74) is 1.61. The number of aryl methyl sites for hydroxylation is 1. The van der Waals surface area contributed by atoms with Crippen LogP contribution in [0, 0.1) is 5.82 Å². The molecule has 0 N–H and O–H groups in total. The number of ether oxygens (including phenoxy) is 2. The standard InChI is InChI=1S/C17H13BrFNO5/c1-20-14-7-12(18)9(5-15(14)25-17(20)22)8-24-10-3-4-13(19)11(6-10)16(21)23-2/h3-7H,8H2,1-2H3. The van der Waals surface area contributed by atoms with Crippen molar-refractivity contribution in [2.45, 2.75) is 6.61 Å². The van der Waals surface area contributed by atoms with Gasteiger partial charge in [-0.25, -0.2) is 14.0 Å². The van der Waals surface area contributed by atoms with Crippen molar-refractivity contribution in [3.8, 4) is 5.75 Å². The Kier molecular flexibility index (Phi) is 4.63. The molecule has 0 radical (unpaired) electrons. The third-order valence-electron chi connectivity index (χ3n) is 3.70. The number of carbonyl (C=O) groups excluding carboxylic acids is 1. The van der Waals surface area contributed by atoms with E-state index in [1.54, 1.807) is 19.2 Å². The number of hydrogen-bond donors (Lipinski definition) is 0. The van der Waals surface area contributed by atoms with Crippen LogP contribution < -0.4 is 10.5 Å². The number of aromatic nitrogens is 1. The van der Waals surface area contributed by atoms with Crippen LogP contribution in [0.3, 0.4) is 0 Å². The van der Waals surface area contributed by atoms with Gasteiger partial charge in [0.05, 0.1) is 18.2 Å². The van der Waals surface area contributed by atoms with Crippen molar-refractivity contribution in [3.63, 3.8) is 0 Å². The fourth-order valence-electron chi connectivity index (χ4n) is 2.32. The van der Waals surface area contributed by atoms with Gasteiger partial charge in [-0.3, -0.25) is 4.57 Å². The van der Waals surface area contributed by atoms with Crippen molar-refractivity contribution in [1.82, 2.24) is 4.57 Å². The molecule has 3 aromatic rings. The van der Waals surface area contributed by atoms with E-state index >= 15 is 0 Å². The summed E-state index contributed by atoms with van der Waals surface area (Å²) in [6.45, 7) is 0.126. The minimum absolute atomic E-state index is 0.126. The average molecular weight is 410 g/mol. The molecule has 0 aliphatic carbocycles. The second-order valence-electron chi connectivity index (χ2n) is 5.26. The molecule has 130 valence electrons. The summed E-state index contributed by atoms with van der Waals surface area (Å²) in [6, 6.07) is 7.26. The van der Waals surface area contributed by atoms with Crippen LogP contribution in [0.15, 0.2) is 44.0 Å². The second kappa shape index (κ2) is 6.72. The number of carbonyl (C=O) groups is 1. The quantitative estimate of drug-likeness (QED) is 0.617.